The molecule has 192 valence electrons. The lowest BCUT2D eigenvalue weighted by atomic mass is 10.2. The maximum Gasteiger partial charge on any atom is 0.280 e. The molecule has 1 amide bonds. The average molecular weight is 518 g/mol. The monoisotopic (exact) mass is 517 g/mol. The van der Waals surface area contributed by atoms with Gasteiger partial charge in [-0.1, -0.05) is 30.0 Å². The summed E-state index contributed by atoms with van der Waals surface area (Å²) >= 11 is 0. The largest absolute Gasteiger partial charge is 0.382 e. The van der Waals surface area contributed by atoms with Crippen molar-refractivity contribution < 1.29 is 4.79 Å². The van der Waals surface area contributed by atoms with Crippen molar-refractivity contribution in [1.82, 2.24) is 38.7 Å². The van der Waals surface area contributed by atoms with Gasteiger partial charge in [-0.2, -0.15) is 10.2 Å². The molecule has 11 nitrogen and oxygen atoms in total. The van der Waals surface area contributed by atoms with Crippen LogP contribution in [0, 0.1) is 11.8 Å². The third kappa shape index (κ3) is 4.19. The lowest BCUT2D eigenvalue weighted by Crippen LogP contribution is -2.33. The molecule has 5 heterocycles. The number of nitrogens with zero attached hydrogens (tertiary/aromatic N) is 7. The number of benzene rings is 1. The minimum absolute atomic E-state index is 0.0662. The SMILES string of the molecule is C[C@H](NC(=O)c1c(N)nc2cccnn12)c1cn2ccc(C#Cc3cnn(C)c3)c2c(=O)n1-c1ccccc1. The highest BCUT2D eigenvalue weighted by molar-refractivity contribution is 5.98. The molecule has 1 atom stereocenters. The minimum Gasteiger partial charge on any atom is -0.382 e. The summed E-state index contributed by atoms with van der Waals surface area (Å²) in [6.45, 7) is 1.80. The number of anilines is 1. The summed E-state index contributed by atoms with van der Waals surface area (Å²) in [6, 6.07) is 13.9. The third-order valence-corrected chi connectivity index (χ3v) is 6.34. The number of nitrogens with one attached hydrogen (secondary N) is 1. The number of nitrogens with two attached hydrogens (primary N) is 1. The average Bonchev–Trinajstić information content (AvgIpc) is 3.63. The summed E-state index contributed by atoms with van der Waals surface area (Å²) in [5.41, 5.74) is 9.35. The Morgan fingerprint density at radius 1 is 1.05 bits per heavy atom. The lowest BCUT2D eigenvalue weighted by molar-refractivity contribution is 0.0932. The van der Waals surface area contributed by atoms with Gasteiger partial charge in [-0.15, -0.1) is 0 Å². The van der Waals surface area contributed by atoms with Crippen LogP contribution in [0.15, 0.2) is 84.3 Å². The third-order valence-electron chi connectivity index (χ3n) is 6.34. The molecule has 6 rings (SSSR count). The zero-order chi connectivity index (χ0) is 27.1. The van der Waals surface area contributed by atoms with Crippen LogP contribution in [-0.2, 0) is 7.05 Å². The van der Waals surface area contributed by atoms with Crippen molar-refractivity contribution in [3.8, 4) is 17.5 Å². The standard InChI is InChI=1S/C28H23N9O2/c1-18(32-27(38)25-26(29)33-23-9-6-13-30-37(23)25)22-17-35-14-12-20(11-10-19-15-31-34(2)16-19)24(35)28(39)36(22)21-7-4-3-5-8-21/h3-9,12-18H,29H2,1-2H3,(H,32,38)/t18-/m0/s1. The van der Waals surface area contributed by atoms with Gasteiger partial charge in [0.25, 0.3) is 11.5 Å². The molecule has 0 bridgehead atoms. The second-order valence-corrected chi connectivity index (χ2v) is 9.00. The van der Waals surface area contributed by atoms with Gasteiger partial charge in [-0.25, -0.2) is 9.50 Å². The first-order chi connectivity index (χ1) is 18.9. The van der Waals surface area contributed by atoms with E-state index < -0.39 is 11.9 Å². The van der Waals surface area contributed by atoms with Crippen molar-refractivity contribution in [1.29, 1.82) is 0 Å². The molecular formula is C28H23N9O2. The Bertz CT molecular complexity index is 1980. The van der Waals surface area contributed by atoms with E-state index in [0.717, 1.165) is 5.56 Å². The molecule has 0 radical (unpaired) electrons. The molecule has 0 saturated carbocycles. The van der Waals surface area contributed by atoms with Crippen molar-refractivity contribution in [2.24, 2.45) is 7.05 Å². The molecule has 39 heavy (non-hydrogen) atoms. The number of rotatable bonds is 4. The molecule has 0 aliphatic heterocycles. The highest BCUT2D eigenvalue weighted by atomic mass is 16.2. The fourth-order valence-corrected chi connectivity index (χ4v) is 4.54. The van der Waals surface area contributed by atoms with Gasteiger partial charge >= 0.3 is 0 Å². The number of imidazole rings is 1. The second-order valence-electron chi connectivity index (χ2n) is 9.00. The van der Waals surface area contributed by atoms with Crippen LogP contribution in [0.2, 0.25) is 0 Å². The van der Waals surface area contributed by atoms with Crippen LogP contribution in [0.1, 0.15) is 40.3 Å². The highest BCUT2D eigenvalue weighted by Crippen LogP contribution is 2.21. The van der Waals surface area contributed by atoms with E-state index in [1.807, 2.05) is 49.8 Å². The van der Waals surface area contributed by atoms with Crippen LogP contribution >= 0.6 is 0 Å². The summed E-state index contributed by atoms with van der Waals surface area (Å²) in [5, 5.41) is 11.3. The summed E-state index contributed by atoms with van der Waals surface area (Å²) in [4.78, 5) is 31.5. The number of para-hydroxylation sites is 1. The molecule has 0 aliphatic carbocycles. The van der Waals surface area contributed by atoms with E-state index in [-0.39, 0.29) is 17.1 Å². The van der Waals surface area contributed by atoms with Crippen LogP contribution in [0.4, 0.5) is 5.82 Å². The highest BCUT2D eigenvalue weighted by Gasteiger charge is 2.23. The number of nitrogen functional groups attached to an aromatic ring is 1. The van der Waals surface area contributed by atoms with Crippen molar-refractivity contribution in [2.45, 2.75) is 13.0 Å². The molecule has 6 aromatic rings. The minimum atomic E-state index is -0.587. The first-order valence-corrected chi connectivity index (χ1v) is 12.1. The predicted molar refractivity (Wildman–Crippen MR) is 145 cm³/mol. The number of hydrogen-bond donors (Lipinski definition) is 2. The van der Waals surface area contributed by atoms with Crippen molar-refractivity contribution >= 4 is 22.9 Å². The summed E-state index contributed by atoms with van der Waals surface area (Å²) in [5.74, 6) is 5.77. The Hall–Kier alpha value is -5.63. The summed E-state index contributed by atoms with van der Waals surface area (Å²) in [6.07, 6.45) is 8.63. The number of amides is 1. The molecule has 0 aliphatic rings. The van der Waals surface area contributed by atoms with E-state index in [1.54, 1.807) is 57.4 Å². The van der Waals surface area contributed by atoms with Crippen LogP contribution in [0.5, 0.6) is 0 Å². The van der Waals surface area contributed by atoms with Crippen molar-refractivity contribution in [3.63, 3.8) is 0 Å². The molecule has 0 spiro atoms. The lowest BCUT2D eigenvalue weighted by Gasteiger charge is -2.20. The van der Waals surface area contributed by atoms with Crippen molar-refractivity contribution in [3.05, 3.63) is 112 Å². The van der Waals surface area contributed by atoms with Gasteiger partial charge in [0.05, 0.1) is 29.1 Å². The van der Waals surface area contributed by atoms with E-state index in [9.17, 15) is 9.59 Å². The molecule has 5 aromatic heterocycles. The first kappa shape index (κ1) is 23.7. The fraction of sp³-hybridized carbons (Fsp3) is 0.107. The van der Waals surface area contributed by atoms with Crippen LogP contribution < -0.4 is 16.6 Å². The fourth-order valence-electron chi connectivity index (χ4n) is 4.54. The van der Waals surface area contributed by atoms with Gasteiger partial charge in [-0.3, -0.25) is 18.8 Å². The summed E-state index contributed by atoms with van der Waals surface area (Å²) in [7, 11) is 1.82. The zero-order valence-corrected chi connectivity index (χ0v) is 21.1. The van der Waals surface area contributed by atoms with Crippen LogP contribution in [0.3, 0.4) is 0 Å². The topological polar surface area (TPSA) is 130 Å². The number of carbonyl (C=O) groups excluding carboxylic acids is 1. The number of aryl methyl sites for hydroxylation is 1. The number of hydrogen-bond acceptors (Lipinski definition) is 6. The molecule has 11 heteroatoms. The van der Waals surface area contributed by atoms with Gasteiger partial charge in [0, 0.05) is 37.5 Å². The summed E-state index contributed by atoms with van der Waals surface area (Å²) < 4.78 is 6.38. The molecule has 1 aromatic carbocycles. The number of fused-ring (bicyclic) bond motifs is 2. The maximum atomic E-state index is 14.0. The zero-order valence-electron chi connectivity index (χ0n) is 21.1. The molecule has 0 saturated heterocycles. The number of carbonyl (C=O) groups is 1. The van der Waals surface area contributed by atoms with Gasteiger partial charge in [0.15, 0.2) is 17.2 Å². The van der Waals surface area contributed by atoms with E-state index >= 15 is 0 Å². The van der Waals surface area contributed by atoms with Crippen LogP contribution in [0.25, 0.3) is 16.9 Å². The molecule has 0 unspecified atom stereocenters. The van der Waals surface area contributed by atoms with Crippen LogP contribution in [-0.4, -0.2) is 39.3 Å². The predicted octanol–water partition coefficient (Wildman–Crippen LogP) is 2.34. The normalized spacial score (nSPS) is 11.8. The second kappa shape index (κ2) is 9.35. The number of aromatic nitrogens is 7. The van der Waals surface area contributed by atoms with E-state index in [2.05, 4.69) is 32.3 Å². The van der Waals surface area contributed by atoms with Crippen molar-refractivity contribution in [2.75, 3.05) is 5.73 Å². The van der Waals surface area contributed by atoms with Gasteiger partial charge < -0.3 is 15.5 Å². The maximum absolute atomic E-state index is 14.0. The Morgan fingerprint density at radius 3 is 2.64 bits per heavy atom. The smallest absolute Gasteiger partial charge is 0.280 e. The van der Waals surface area contributed by atoms with Gasteiger partial charge in [0.1, 0.15) is 5.52 Å². The quantitative estimate of drug-likeness (QED) is 0.345. The van der Waals surface area contributed by atoms with E-state index in [4.69, 9.17) is 5.73 Å². The molecule has 0 fully saturated rings. The Labute approximate surface area is 222 Å². The Kier molecular flexibility index (Phi) is 5.69. The molecule has 3 N–H and O–H groups in total. The van der Waals surface area contributed by atoms with E-state index in [1.165, 1.54) is 4.52 Å². The first-order valence-electron chi connectivity index (χ1n) is 12.1. The Morgan fingerprint density at radius 2 is 1.87 bits per heavy atom. The van der Waals surface area contributed by atoms with E-state index in [0.29, 0.717) is 28.1 Å². The van der Waals surface area contributed by atoms with Gasteiger partial charge in [-0.05, 0) is 37.3 Å². The molecular weight excluding hydrogens is 494 g/mol. The Balaban J connectivity index is 1.45. The van der Waals surface area contributed by atoms with Gasteiger partial charge in [0.2, 0.25) is 0 Å².